The minimum absolute atomic E-state index is 0.182. The van der Waals surface area contributed by atoms with Crippen molar-refractivity contribution >= 4 is 5.91 Å². The van der Waals surface area contributed by atoms with Gasteiger partial charge in [-0.25, -0.2) is 0 Å². The highest BCUT2D eigenvalue weighted by Gasteiger charge is 2.43. The van der Waals surface area contributed by atoms with Crippen LogP contribution in [0.4, 0.5) is 0 Å². The second kappa shape index (κ2) is 7.79. The first-order valence-corrected chi connectivity index (χ1v) is 8.11. The van der Waals surface area contributed by atoms with Crippen LogP contribution in [0.1, 0.15) is 35.3 Å². The first-order valence-electron chi connectivity index (χ1n) is 8.11. The zero-order valence-electron chi connectivity index (χ0n) is 14.2. The standard InChI is InChI=1S/C17H25N3O4/c1-19-10-13(9-18)8-14(19)16(23)20-6-4-15(22)17(11-20,12-21)5-3-7-24-2/h8,10,15,21-22H,3-7,11-12H2,1-2H3/t15-,17+/m1/s1. The number of aliphatic hydroxyl groups is 2. The van der Waals surface area contributed by atoms with Crippen LogP contribution in [0.5, 0.6) is 0 Å². The molecule has 0 aliphatic carbocycles. The van der Waals surface area contributed by atoms with Crippen molar-refractivity contribution < 1.29 is 19.7 Å². The van der Waals surface area contributed by atoms with Gasteiger partial charge in [-0.2, -0.15) is 5.26 Å². The summed E-state index contributed by atoms with van der Waals surface area (Å²) in [4.78, 5) is 14.5. The van der Waals surface area contributed by atoms with Gasteiger partial charge in [0.05, 0.1) is 18.3 Å². The number of nitriles is 1. The minimum atomic E-state index is -0.727. The zero-order chi connectivity index (χ0) is 17.7. The Morgan fingerprint density at radius 1 is 1.58 bits per heavy atom. The number of amides is 1. The van der Waals surface area contributed by atoms with Crippen molar-refractivity contribution in [2.75, 3.05) is 33.4 Å². The second-order valence-corrected chi connectivity index (χ2v) is 6.48. The summed E-state index contributed by atoms with van der Waals surface area (Å²) in [5, 5.41) is 29.3. The van der Waals surface area contributed by atoms with E-state index in [0.29, 0.717) is 50.2 Å². The summed E-state index contributed by atoms with van der Waals surface area (Å²) in [7, 11) is 3.34. The van der Waals surface area contributed by atoms with Crippen LogP contribution in [0.2, 0.25) is 0 Å². The number of aliphatic hydroxyl groups excluding tert-OH is 2. The third-order valence-corrected chi connectivity index (χ3v) is 4.86. The highest BCUT2D eigenvalue weighted by Crippen LogP contribution is 2.35. The Hall–Kier alpha value is -1.88. The predicted octanol–water partition coefficient (Wildman–Crippen LogP) is 0.509. The SMILES string of the molecule is COCCC[C@@]1(CO)CN(C(=O)c2cc(C#N)cn2C)CC[C@H]1O. The Balaban J connectivity index is 2.17. The van der Waals surface area contributed by atoms with Gasteiger partial charge in [-0.3, -0.25) is 4.79 Å². The average Bonchev–Trinajstić information content (AvgIpc) is 2.97. The molecule has 1 aliphatic rings. The lowest BCUT2D eigenvalue weighted by atomic mass is 9.74. The van der Waals surface area contributed by atoms with Gasteiger partial charge in [-0.15, -0.1) is 0 Å². The summed E-state index contributed by atoms with van der Waals surface area (Å²) in [5.41, 5.74) is 0.147. The number of rotatable bonds is 6. The summed E-state index contributed by atoms with van der Waals surface area (Å²) in [6.07, 6.45) is 2.68. The molecule has 2 rings (SSSR count). The zero-order valence-corrected chi connectivity index (χ0v) is 14.2. The highest BCUT2D eigenvalue weighted by molar-refractivity contribution is 5.93. The Morgan fingerprint density at radius 3 is 2.92 bits per heavy atom. The van der Waals surface area contributed by atoms with E-state index in [1.54, 1.807) is 35.9 Å². The quantitative estimate of drug-likeness (QED) is 0.738. The number of piperidine rings is 1. The molecule has 1 amide bonds. The van der Waals surface area contributed by atoms with Crippen LogP contribution in [0.15, 0.2) is 12.3 Å². The maximum absolute atomic E-state index is 12.8. The summed E-state index contributed by atoms with van der Waals surface area (Å²) in [6, 6.07) is 3.60. The molecule has 2 atom stereocenters. The largest absolute Gasteiger partial charge is 0.396 e. The number of aromatic nitrogens is 1. The number of likely N-dealkylation sites (tertiary alicyclic amines) is 1. The third kappa shape index (κ3) is 3.61. The van der Waals surface area contributed by atoms with Crippen LogP contribution in [0.3, 0.4) is 0 Å². The minimum Gasteiger partial charge on any atom is -0.396 e. The van der Waals surface area contributed by atoms with E-state index >= 15 is 0 Å². The van der Waals surface area contributed by atoms with Gasteiger partial charge in [0.1, 0.15) is 11.8 Å². The van der Waals surface area contributed by atoms with E-state index in [2.05, 4.69) is 0 Å². The van der Waals surface area contributed by atoms with Gasteiger partial charge in [0.25, 0.3) is 5.91 Å². The van der Waals surface area contributed by atoms with Gasteiger partial charge in [0.15, 0.2) is 0 Å². The van der Waals surface area contributed by atoms with Crippen LogP contribution in [-0.2, 0) is 11.8 Å². The van der Waals surface area contributed by atoms with Crippen molar-refractivity contribution in [2.45, 2.75) is 25.4 Å². The second-order valence-electron chi connectivity index (χ2n) is 6.48. The Labute approximate surface area is 142 Å². The summed E-state index contributed by atoms with van der Waals surface area (Å²) < 4.78 is 6.69. The van der Waals surface area contributed by atoms with E-state index in [-0.39, 0.29) is 12.5 Å². The molecule has 7 heteroatoms. The lowest BCUT2D eigenvalue weighted by molar-refractivity contribution is -0.0746. The van der Waals surface area contributed by atoms with Crippen LogP contribution < -0.4 is 0 Å². The van der Waals surface area contributed by atoms with E-state index < -0.39 is 11.5 Å². The van der Waals surface area contributed by atoms with Crippen LogP contribution in [0.25, 0.3) is 0 Å². The molecule has 24 heavy (non-hydrogen) atoms. The fourth-order valence-electron chi connectivity index (χ4n) is 3.37. The summed E-state index contributed by atoms with van der Waals surface area (Å²) in [6.45, 7) is 1.09. The fourth-order valence-corrected chi connectivity index (χ4v) is 3.37. The molecule has 7 nitrogen and oxygen atoms in total. The number of hydrogen-bond acceptors (Lipinski definition) is 5. The smallest absolute Gasteiger partial charge is 0.270 e. The molecular weight excluding hydrogens is 310 g/mol. The maximum Gasteiger partial charge on any atom is 0.270 e. The average molecular weight is 335 g/mol. The Bertz CT molecular complexity index is 622. The number of carbonyl (C=O) groups is 1. The van der Waals surface area contributed by atoms with Crippen molar-refractivity contribution in [1.82, 2.24) is 9.47 Å². The predicted molar refractivity (Wildman–Crippen MR) is 87.3 cm³/mol. The van der Waals surface area contributed by atoms with Crippen molar-refractivity contribution in [3.8, 4) is 6.07 Å². The molecule has 0 saturated carbocycles. The monoisotopic (exact) mass is 335 g/mol. The van der Waals surface area contributed by atoms with Gasteiger partial charge >= 0.3 is 0 Å². The molecule has 2 N–H and O–H groups in total. The first-order chi connectivity index (χ1) is 11.5. The lowest BCUT2D eigenvalue weighted by Crippen LogP contribution is -2.55. The molecule has 2 heterocycles. The Morgan fingerprint density at radius 2 is 2.33 bits per heavy atom. The molecule has 0 bridgehead atoms. The maximum atomic E-state index is 12.8. The first kappa shape index (κ1) is 18.5. The fraction of sp³-hybridized carbons (Fsp3) is 0.647. The number of hydrogen-bond donors (Lipinski definition) is 2. The van der Waals surface area contributed by atoms with Crippen LogP contribution in [-0.4, -0.2) is 65.1 Å². The molecule has 0 spiro atoms. The summed E-state index contributed by atoms with van der Waals surface area (Å²) >= 11 is 0. The molecule has 0 unspecified atom stereocenters. The van der Waals surface area contributed by atoms with Crippen molar-refractivity contribution in [2.24, 2.45) is 12.5 Å². The molecule has 1 aliphatic heterocycles. The van der Waals surface area contributed by atoms with Gasteiger partial charge in [0, 0.05) is 45.5 Å². The molecule has 132 valence electrons. The molecule has 0 aromatic carbocycles. The highest BCUT2D eigenvalue weighted by atomic mass is 16.5. The molecule has 1 saturated heterocycles. The third-order valence-electron chi connectivity index (χ3n) is 4.86. The normalized spacial score (nSPS) is 24.0. The number of ether oxygens (including phenoxy) is 1. The Kier molecular flexibility index (Phi) is 5.99. The van der Waals surface area contributed by atoms with Crippen molar-refractivity contribution in [3.05, 3.63) is 23.5 Å². The lowest BCUT2D eigenvalue weighted by Gasteiger charge is -2.45. The number of aryl methyl sites for hydroxylation is 1. The number of carbonyl (C=O) groups excluding carboxylic acids is 1. The topological polar surface area (TPSA) is 98.7 Å². The van der Waals surface area contributed by atoms with E-state index in [9.17, 15) is 15.0 Å². The molecule has 1 aromatic rings. The van der Waals surface area contributed by atoms with E-state index in [4.69, 9.17) is 10.00 Å². The molecule has 1 aromatic heterocycles. The molecule has 0 radical (unpaired) electrons. The van der Waals surface area contributed by atoms with Crippen molar-refractivity contribution in [1.29, 1.82) is 5.26 Å². The van der Waals surface area contributed by atoms with Gasteiger partial charge < -0.3 is 24.4 Å². The van der Waals surface area contributed by atoms with Gasteiger partial charge in [-0.05, 0) is 25.3 Å². The van der Waals surface area contributed by atoms with Crippen LogP contribution >= 0.6 is 0 Å². The summed E-state index contributed by atoms with van der Waals surface area (Å²) in [5.74, 6) is -0.185. The number of methoxy groups -OCH3 is 1. The van der Waals surface area contributed by atoms with Crippen LogP contribution in [0, 0.1) is 16.7 Å². The van der Waals surface area contributed by atoms with Gasteiger partial charge in [-0.1, -0.05) is 0 Å². The van der Waals surface area contributed by atoms with E-state index in [1.807, 2.05) is 6.07 Å². The number of nitrogens with zero attached hydrogens (tertiary/aromatic N) is 3. The molecule has 1 fully saturated rings. The van der Waals surface area contributed by atoms with E-state index in [0.717, 1.165) is 0 Å². The molecular formula is C17H25N3O4. The van der Waals surface area contributed by atoms with E-state index in [1.165, 1.54) is 0 Å². The van der Waals surface area contributed by atoms with Gasteiger partial charge in [0.2, 0.25) is 0 Å². The van der Waals surface area contributed by atoms with Crippen molar-refractivity contribution in [3.63, 3.8) is 0 Å².